The fourth-order valence-electron chi connectivity index (χ4n) is 5.66. The van der Waals surface area contributed by atoms with Gasteiger partial charge in [-0.1, -0.05) is 17.7 Å². The van der Waals surface area contributed by atoms with E-state index in [0.29, 0.717) is 28.9 Å². The molecule has 2 aliphatic rings. The average molecular weight is 631 g/mol. The van der Waals surface area contributed by atoms with Crippen molar-refractivity contribution in [3.63, 3.8) is 0 Å². The van der Waals surface area contributed by atoms with Gasteiger partial charge < -0.3 is 30.3 Å². The van der Waals surface area contributed by atoms with Crippen LogP contribution in [0.5, 0.6) is 11.5 Å². The number of aryl methyl sites for hydroxylation is 1. The first-order valence-electron chi connectivity index (χ1n) is 14.2. The molecule has 12 nitrogen and oxygen atoms in total. The van der Waals surface area contributed by atoms with E-state index in [4.69, 9.17) is 21.1 Å². The van der Waals surface area contributed by atoms with Crippen LogP contribution in [0.2, 0.25) is 5.02 Å². The highest BCUT2D eigenvalue weighted by atomic mass is 35.5. The zero-order valence-electron chi connectivity index (χ0n) is 24.9. The molecule has 0 amide bonds. The normalized spacial score (nSPS) is 16.5. The molecule has 232 valence electrons. The quantitative estimate of drug-likeness (QED) is 0.257. The van der Waals surface area contributed by atoms with Crippen molar-refractivity contribution in [1.29, 1.82) is 0 Å². The van der Waals surface area contributed by atoms with Gasteiger partial charge in [-0.3, -0.25) is 9.62 Å². The standard InChI is InChI=1S/C29H39ClN8O4S/c1-19-16-23(26(42-3)17-24(19)38-12-8-20(9-13-38)37-14-10-31-11-15-37)34-29-32-18-21(30)28(35-29)33-22-6-5-7-25(41-2)27(22)36-43(4,39)40/h5-7,16-18,20,31,36H,8-15H2,1-4H3,(H2,32,33,34,35). The van der Waals surface area contributed by atoms with Crippen molar-refractivity contribution in [2.24, 2.45) is 0 Å². The molecule has 0 spiro atoms. The number of piperazine rings is 1. The lowest BCUT2D eigenvalue weighted by atomic mass is 10.0. The van der Waals surface area contributed by atoms with E-state index in [1.54, 1.807) is 25.3 Å². The Morgan fingerprint density at radius 1 is 1.00 bits per heavy atom. The summed E-state index contributed by atoms with van der Waals surface area (Å²) in [4.78, 5) is 14.0. The van der Waals surface area contributed by atoms with Crippen LogP contribution in [0.1, 0.15) is 18.4 Å². The minimum atomic E-state index is -3.59. The van der Waals surface area contributed by atoms with Gasteiger partial charge in [-0.2, -0.15) is 4.98 Å². The van der Waals surface area contributed by atoms with E-state index in [2.05, 4.69) is 53.4 Å². The Bertz CT molecular complexity index is 1540. The molecule has 3 aromatic rings. The number of methoxy groups -OCH3 is 2. The molecule has 5 rings (SSSR count). The lowest BCUT2D eigenvalue weighted by Gasteiger charge is -2.41. The summed E-state index contributed by atoms with van der Waals surface area (Å²) in [5.41, 5.74) is 3.64. The van der Waals surface area contributed by atoms with Crippen molar-refractivity contribution >= 4 is 56.1 Å². The molecule has 0 aliphatic carbocycles. The molecule has 43 heavy (non-hydrogen) atoms. The lowest BCUT2D eigenvalue weighted by Crippen LogP contribution is -2.52. The number of anilines is 6. The summed E-state index contributed by atoms with van der Waals surface area (Å²) < 4.78 is 37.7. The molecule has 1 aromatic heterocycles. The summed E-state index contributed by atoms with van der Waals surface area (Å²) in [7, 11) is -0.480. The first-order valence-corrected chi connectivity index (χ1v) is 16.5. The molecule has 0 unspecified atom stereocenters. The van der Waals surface area contributed by atoms with E-state index in [9.17, 15) is 8.42 Å². The molecule has 3 heterocycles. The second kappa shape index (κ2) is 13.4. The molecule has 2 fully saturated rings. The van der Waals surface area contributed by atoms with E-state index in [1.807, 2.05) is 6.07 Å². The number of para-hydroxylation sites is 1. The molecule has 0 atom stereocenters. The number of nitrogens with one attached hydrogen (secondary N) is 4. The van der Waals surface area contributed by atoms with Crippen LogP contribution in [-0.4, -0.2) is 89.1 Å². The van der Waals surface area contributed by atoms with Gasteiger partial charge in [-0.15, -0.1) is 0 Å². The number of hydrogen-bond acceptors (Lipinski definition) is 11. The van der Waals surface area contributed by atoms with Gasteiger partial charge in [0.15, 0.2) is 5.82 Å². The highest BCUT2D eigenvalue weighted by Crippen LogP contribution is 2.38. The van der Waals surface area contributed by atoms with Crippen molar-refractivity contribution in [3.8, 4) is 11.5 Å². The van der Waals surface area contributed by atoms with E-state index < -0.39 is 10.0 Å². The second-order valence-electron chi connectivity index (χ2n) is 10.7. The van der Waals surface area contributed by atoms with Gasteiger partial charge in [0.1, 0.15) is 22.2 Å². The topological polar surface area (TPSA) is 133 Å². The maximum Gasteiger partial charge on any atom is 0.230 e. The van der Waals surface area contributed by atoms with Gasteiger partial charge in [0.25, 0.3) is 0 Å². The average Bonchev–Trinajstić information content (AvgIpc) is 2.99. The van der Waals surface area contributed by atoms with Crippen molar-refractivity contribution in [3.05, 3.63) is 47.1 Å². The van der Waals surface area contributed by atoms with Crippen LogP contribution in [0.15, 0.2) is 36.5 Å². The Morgan fingerprint density at radius 2 is 1.72 bits per heavy atom. The third-order valence-corrected chi connectivity index (χ3v) is 8.62. The summed E-state index contributed by atoms with van der Waals surface area (Å²) in [5.74, 6) is 1.58. The minimum absolute atomic E-state index is 0.238. The monoisotopic (exact) mass is 630 g/mol. The Hall–Kier alpha value is -3.52. The number of aromatic nitrogens is 2. The fourth-order valence-corrected chi connectivity index (χ4v) is 6.38. The lowest BCUT2D eigenvalue weighted by molar-refractivity contribution is 0.150. The van der Waals surface area contributed by atoms with Crippen LogP contribution in [-0.2, 0) is 10.0 Å². The van der Waals surface area contributed by atoms with Crippen LogP contribution in [0, 0.1) is 6.92 Å². The Labute approximate surface area is 258 Å². The Kier molecular flexibility index (Phi) is 9.65. The molecular weight excluding hydrogens is 592 g/mol. The van der Waals surface area contributed by atoms with Crippen LogP contribution in [0.3, 0.4) is 0 Å². The molecule has 0 bridgehead atoms. The van der Waals surface area contributed by atoms with Crippen LogP contribution >= 0.6 is 11.6 Å². The molecule has 2 aromatic carbocycles. The van der Waals surface area contributed by atoms with Gasteiger partial charge in [-0.05, 0) is 43.5 Å². The Balaban J connectivity index is 1.34. The zero-order chi connectivity index (χ0) is 30.6. The SMILES string of the molecule is COc1cc(N2CCC(N3CCNCC3)CC2)c(C)cc1Nc1ncc(Cl)c(Nc2cccc(OC)c2NS(C)(=O)=O)n1. The summed E-state index contributed by atoms with van der Waals surface area (Å²) in [6.45, 7) is 8.49. The number of nitrogens with zero attached hydrogens (tertiary/aromatic N) is 4. The van der Waals surface area contributed by atoms with E-state index in [-0.39, 0.29) is 22.5 Å². The molecule has 14 heteroatoms. The predicted molar refractivity (Wildman–Crippen MR) is 172 cm³/mol. The molecule has 0 saturated carbocycles. The van der Waals surface area contributed by atoms with Gasteiger partial charge in [0.2, 0.25) is 16.0 Å². The van der Waals surface area contributed by atoms with Gasteiger partial charge >= 0.3 is 0 Å². The second-order valence-corrected chi connectivity index (χ2v) is 12.9. The number of rotatable bonds is 10. The third kappa shape index (κ3) is 7.53. The number of hydrogen-bond donors (Lipinski definition) is 4. The third-order valence-electron chi connectivity index (χ3n) is 7.77. The first kappa shape index (κ1) is 30.9. The summed E-state index contributed by atoms with van der Waals surface area (Å²) in [6.07, 6.45) is 4.83. The molecule has 4 N–H and O–H groups in total. The van der Waals surface area contributed by atoms with E-state index >= 15 is 0 Å². The van der Waals surface area contributed by atoms with Crippen molar-refractivity contribution in [2.75, 3.05) is 80.0 Å². The van der Waals surface area contributed by atoms with Crippen molar-refractivity contribution in [1.82, 2.24) is 20.2 Å². The van der Waals surface area contributed by atoms with E-state index in [0.717, 1.165) is 69.6 Å². The maximum atomic E-state index is 12.0. The molecular formula is C29H39ClN8O4S. The highest BCUT2D eigenvalue weighted by Gasteiger charge is 2.27. The fraction of sp³-hybridized carbons (Fsp3) is 0.448. The molecule has 2 aliphatic heterocycles. The summed E-state index contributed by atoms with van der Waals surface area (Å²) >= 11 is 6.44. The van der Waals surface area contributed by atoms with Crippen molar-refractivity contribution < 1.29 is 17.9 Å². The number of halogens is 1. The smallest absolute Gasteiger partial charge is 0.230 e. The number of ether oxygens (including phenoxy) is 2. The Morgan fingerprint density at radius 3 is 2.40 bits per heavy atom. The van der Waals surface area contributed by atoms with Crippen LogP contribution in [0.4, 0.5) is 34.5 Å². The summed E-state index contributed by atoms with van der Waals surface area (Å²) in [6, 6.07) is 9.82. The number of benzene rings is 2. The minimum Gasteiger partial charge on any atom is -0.494 e. The number of sulfonamides is 1. The van der Waals surface area contributed by atoms with Gasteiger partial charge in [-0.25, -0.2) is 13.4 Å². The van der Waals surface area contributed by atoms with Gasteiger partial charge in [0.05, 0.1) is 38.0 Å². The first-order chi connectivity index (χ1) is 20.6. The molecule has 2 saturated heterocycles. The predicted octanol–water partition coefficient (Wildman–Crippen LogP) is 4.19. The van der Waals surface area contributed by atoms with E-state index in [1.165, 1.54) is 13.3 Å². The highest BCUT2D eigenvalue weighted by molar-refractivity contribution is 7.92. The van der Waals surface area contributed by atoms with Crippen molar-refractivity contribution in [2.45, 2.75) is 25.8 Å². The zero-order valence-corrected chi connectivity index (χ0v) is 26.5. The largest absolute Gasteiger partial charge is 0.494 e. The maximum absolute atomic E-state index is 12.0. The van der Waals surface area contributed by atoms with Gasteiger partial charge in [0, 0.05) is 57.1 Å². The summed E-state index contributed by atoms with van der Waals surface area (Å²) in [5, 5.41) is 10.1. The van der Waals surface area contributed by atoms with Crippen LogP contribution < -0.4 is 35.0 Å². The molecule has 0 radical (unpaired) electrons. The number of piperidine rings is 1. The van der Waals surface area contributed by atoms with Crippen LogP contribution in [0.25, 0.3) is 0 Å².